The lowest BCUT2D eigenvalue weighted by molar-refractivity contribution is -0.141. The summed E-state index contributed by atoms with van der Waals surface area (Å²) in [5.74, 6) is -2.28. The van der Waals surface area contributed by atoms with Crippen LogP contribution in [0.5, 0.6) is 0 Å². The highest BCUT2D eigenvalue weighted by Gasteiger charge is 2.38. The predicted molar refractivity (Wildman–Crippen MR) is 69.1 cm³/mol. The van der Waals surface area contributed by atoms with Gasteiger partial charge in [0.25, 0.3) is 0 Å². The first kappa shape index (κ1) is 15.7. The topological polar surface area (TPSA) is 20.3 Å². The summed E-state index contributed by atoms with van der Waals surface area (Å²) >= 11 is 5.64. The van der Waals surface area contributed by atoms with Crippen molar-refractivity contribution >= 4 is 17.5 Å². The highest BCUT2D eigenvalue weighted by atomic mass is 35.5. The second-order valence-corrected chi connectivity index (χ2v) is 5.68. The van der Waals surface area contributed by atoms with Crippen LogP contribution in [0.25, 0.3) is 0 Å². The van der Waals surface area contributed by atoms with E-state index < -0.39 is 5.92 Å². The summed E-state index contributed by atoms with van der Waals surface area (Å²) in [6.07, 6.45) is 1.02. The minimum Gasteiger partial charge on any atom is -0.340 e. The lowest BCUT2D eigenvalue weighted by atomic mass is 9.85. The number of alkyl halides is 3. The standard InChI is InChI=1S/C13H22ClF2NO/c1-10(2)17(9-3-8-14)12(18)11-4-6-13(15,16)7-5-11/h10-11H,3-9H2,1-2H3. The fourth-order valence-electron chi connectivity index (χ4n) is 2.37. The van der Waals surface area contributed by atoms with E-state index in [0.717, 1.165) is 6.42 Å². The fraction of sp³-hybridized carbons (Fsp3) is 0.923. The highest BCUT2D eigenvalue weighted by molar-refractivity contribution is 6.17. The van der Waals surface area contributed by atoms with Crippen LogP contribution in [0.1, 0.15) is 46.0 Å². The molecule has 2 nitrogen and oxygen atoms in total. The first-order valence-corrected chi connectivity index (χ1v) is 7.15. The van der Waals surface area contributed by atoms with Crippen molar-refractivity contribution in [3.05, 3.63) is 0 Å². The van der Waals surface area contributed by atoms with E-state index in [1.165, 1.54) is 0 Å². The number of hydrogen-bond donors (Lipinski definition) is 0. The molecular weight excluding hydrogens is 260 g/mol. The zero-order valence-corrected chi connectivity index (χ0v) is 11.8. The summed E-state index contributed by atoms with van der Waals surface area (Å²) < 4.78 is 26.1. The summed E-state index contributed by atoms with van der Waals surface area (Å²) in [5.41, 5.74) is 0. The molecule has 0 atom stereocenters. The number of amides is 1. The maximum atomic E-state index is 13.1. The zero-order chi connectivity index (χ0) is 13.8. The molecule has 0 aliphatic heterocycles. The molecule has 5 heteroatoms. The van der Waals surface area contributed by atoms with E-state index in [0.29, 0.717) is 25.3 Å². The van der Waals surface area contributed by atoms with Crippen molar-refractivity contribution < 1.29 is 13.6 Å². The number of rotatable bonds is 5. The minimum absolute atomic E-state index is 0.0191. The fourth-order valence-corrected chi connectivity index (χ4v) is 2.49. The quantitative estimate of drug-likeness (QED) is 0.704. The van der Waals surface area contributed by atoms with E-state index in [4.69, 9.17) is 11.6 Å². The molecule has 1 aliphatic carbocycles. The van der Waals surface area contributed by atoms with Crippen molar-refractivity contribution in [2.24, 2.45) is 5.92 Å². The normalized spacial score (nSPS) is 20.1. The molecular formula is C13H22ClF2NO. The highest BCUT2D eigenvalue weighted by Crippen LogP contribution is 2.37. The molecule has 0 bridgehead atoms. The lowest BCUT2D eigenvalue weighted by Crippen LogP contribution is -2.43. The van der Waals surface area contributed by atoms with Gasteiger partial charge in [0, 0.05) is 37.2 Å². The number of nitrogens with zero attached hydrogens (tertiary/aromatic N) is 1. The second-order valence-electron chi connectivity index (χ2n) is 5.30. The largest absolute Gasteiger partial charge is 0.340 e. The van der Waals surface area contributed by atoms with E-state index >= 15 is 0 Å². The van der Waals surface area contributed by atoms with Gasteiger partial charge in [0.2, 0.25) is 11.8 Å². The SMILES string of the molecule is CC(C)N(CCCCl)C(=O)C1CCC(F)(F)CC1. The molecule has 1 rings (SSSR count). The van der Waals surface area contributed by atoms with Crippen LogP contribution in [0.2, 0.25) is 0 Å². The van der Waals surface area contributed by atoms with Gasteiger partial charge in [-0.2, -0.15) is 0 Å². The molecule has 0 aromatic heterocycles. The van der Waals surface area contributed by atoms with Gasteiger partial charge in [-0.15, -0.1) is 11.6 Å². The minimum atomic E-state index is -2.57. The number of carbonyl (C=O) groups is 1. The monoisotopic (exact) mass is 281 g/mol. The molecule has 0 aromatic carbocycles. The molecule has 1 fully saturated rings. The Balaban J connectivity index is 2.56. The van der Waals surface area contributed by atoms with Gasteiger partial charge in [0.15, 0.2) is 0 Å². The van der Waals surface area contributed by atoms with Crippen molar-refractivity contribution in [2.45, 2.75) is 57.9 Å². The van der Waals surface area contributed by atoms with Crippen molar-refractivity contribution in [3.63, 3.8) is 0 Å². The summed E-state index contributed by atoms with van der Waals surface area (Å²) in [6.45, 7) is 4.51. The third-order valence-corrected chi connectivity index (χ3v) is 3.77. The lowest BCUT2D eigenvalue weighted by Gasteiger charge is -2.34. The Kier molecular flexibility index (Phi) is 5.83. The summed E-state index contributed by atoms with van der Waals surface area (Å²) in [6, 6.07) is 0.100. The van der Waals surface area contributed by atoms with Gasteiger partial charge in [-0.1, -0.05) is 0 Å². The molecule has 1 amide bonds. The smallest absolute Gasteiger partial charge is 0.248 e. The number of hydrogen-bond acceptors (Lipinski definition) is 1. The number of halogens is 3. The van der Waals surface area contributed by atoms with Crippen LogP contribution >= 0.6 is 11.6 Å². The maximum Gasteiger partial charge on any atom is 0.248 e. The molecule has 0 unspecified atom stereocenters. The van der Waals surface area contributed by atoms with Crippen LogP contribution in [0.4, 0.5) is 8.78 Å². The Morgan fingerprint density at radius 1 is 1.39 bits per heavy atom. The van der Waals surface area contributed by atoms with Crippen LogP contribution in [0, 0.1) is 5.92 Å². The Morgan fingerprint density at radius 2 is 1.94 bits per heavy atom. The van der Waals surface area contributed by atoms with E-state index in [1.54, 1.807) is 4.90 Å². The van der Waals surface area contributed by atoms with Gasteiger partial charge < -0.3 is 4.90 Å². The second kappa shape index (κ2) is 6.69. The molecule has 0 radical (unpaired) electrons. The maximum absolute atomic E-state index is 13.1. The van der Waals surface area contributed by atoms with Gasteiger partial charge in [-0.05, 0) is 33.1 Å². The zero-order valence-electron chi connectivity index (χ0n) is 11.1. The van der Waals surface area contributed by atoms with Gasteiger partial charge in [-0.25, -0.2) is 8.78 Å². The van der Waals surface area contributed by atoms with Gasteiger partial charge >= 0.3 is 0 Å². The third kappa shape index (κ3) is 4.38. The molecule has 0 spiro atoms. The first-order chi connectivity index (χ1) is 8.37. The van der Waals surface area contributed by atoms with Crippen LogP contribution in [0.15, 0.2) is 0 Å². The Bertz CT molecular complexity index is 274. The molecule has 1 saturated carbocycles. The van der Waals surface area contributed by atoms with Crippen LogP contribution in [-0.4, -0.2) is 35.2 Å². The van der Waals surface area contributed by atoms with Crippen molar-refractivity contribution in [1.29, 1.82) is 0 Å². The van der Waals surface area contributed by atoms with Gasteiger partial charge in [0.05, 0.1) is 0 Å². The van der Waals surface area contributed by atoms with E-state index in [-0.39, 0.29) is 30.7 Å². The summed E-state index contributed by atoms with van der Waals surface area (Å²) in [4.78, 5) is 14.1. The predicted octanol–water partition coefficient (Wildman–Crippen LogP) is 3.68. The van der Waals surface area contributed by atoms with E-state index in [2.05, 4.69) is 0 Å². The molecule has 18 heavy (non-hydrogen) atoms. The molecule has 0 aromatic rings. The third-order valence-electron chi connectivity index (χ3n) is 3.51. The number of carbonyl (C=O) groups excluding carboxylic acids is 1. The van der Waals surface area contributed by atoms with Crippen molar-refractivity contribution in [1.82, 2.24) is 4.90 Å². The van der Waals surface area contributed by atoms with Crippen molar-refractivity contribution in [3.8, 4) is 0 Å². The Hall–Kier alpha value is -0.380. The molecule has 0 saturated heterocycles. The Labute approximate surface area is 113 Å². The molecule has 106 valence electrons. The Morgan fingerprint density at radius 3 is 2.39 bits per heavy atom. The first-order valence-electron chi connectivity index (χ1n) is 6.61. The molecule has 1 aliphatic rings. The van der Waals surface area contributed by atoms with Crippen LogP contribution < -0.4 is 0 Å². The average molecular weight is 282 g/mol. The van der Waals surface area contributed by atoms with Gasteiger partial charge in [0.1, 0.15) is 0 Å². The van der Waals surface area contributed by atoms with E-state index in [1.807, 2.05) is 13.8 Å². The van der Waals surface area contributed by atoms with E-state index in [9.17, 15) is 13.6 Å². The van der Waals surface area contributed by atoms with Crippen LogP contribution in [0.3, 0.4) is 0 Å². The molecule has 0 heterocycles. The summed E-state index contributed by atoms with van der Waals surface area (Å²) in [7, 11) is 0. The van der Waals surface area contributed by atoms with Gasteiger partial charge in [-0.3, -0.25) is 4.79 Å². The summed E-state index contributed by atoms with van der Waals surface area (Å²) in [5, 5.41) is 0. The van der Waals surface area contributed by atoms with Crippen LogP contribution in [-0.2, 0) is 4.79 Å². The van der Waals surface area contributed by atoms with Crippen molar-refractivity contribution in [2.75, 3.05) is 12.4 Å². The molecule has 0 N–H and O–H groups in total. The average Bonchev–Trinajstić information content (AvgIpc) is 2.28.